The topological polar surface area (TPSA) is 82.5 Å². The van der Waals surface area contributed by atoms with E-state index >= 15 is 0 Å². The predicted molar refractivity (Wildman–Crippen MR) is 79.4 cm³/mol. The average molecular weight is 315 g/mol. The van der Waals surface area contributed by atoms with Crippen LogP contribution in [0.2, 0.25) is 0 Å². The number of carboxylic acid groups (broad SMARTS) is 1. The monoisotopic (exact) mass is 315 g/mol. The van der Waals surface area contributed by atoms with Crippen LogP contribution in [-0.2, 0) is 6.54 Å². The fourth-order valence-electron chi connectivity index (χ4n) is 1.90. The van der Waals surface area contributed by atoms with Gasteiger partial charge in [0.15, 0.2) is 5.69 Å². The molecule has 1 unspecified atom stereocenters. The van der Waals surface area contributed by atoms with Crippen LogP contribution in [0.25, 0.3) is 0 Å². The molecule has 1 atom stereocenters. The highest BCUT2D eigenvalue weighted by atomic mass is 32.2. The summed E-state index contributed by atoms with van der Waals surface area (Å²) in [5, 5.41) is 14.2. The number of carbonyl (C=O) groups is 2. The van der Waals surface area contributed by atoms with Crippen molar-refractivity contribution < 1.29 is 14.7 Å². The summed E-state index contributed by atoms with van der Waals surface area (Å²) >= 11 is 3.15. The van der Waals surface area contributed by atoms with Crippen molar-refractivity contribution in [1.29, 1.82) is 0 Å². The minimum Gasteiger partial charge on any atom is -0.476 e. The number of thiazole rings is 1. The second-order valence-corrected chi connectivity index (χ2v) is 6.79. The number of carbonyl (C=O) groups excluding carboxylic acids is 1. The minimum absolute atomic E-state index is 0.0275. The van der Waals surface area contributed by atoms with E-state index in [-0.39, 0.29) is 18.3 Å². The second kappa shape index (κ2) is 6.94. The van der Waals surface area contributed by atoms with Crippen molar-refractivity contribution in [1.82, 2.24) is 15.2 Å². The van der Waals surface area contributed by atoms with Crippen molar-refractivity contribution >= 4 is 35.1 Å². The van der Waals surface area contributed by atoms with E-state index in [0.717, 1.165) is 25.3 Å². The molecule has 1 aliphatic rings. The van der Waals surface area contributed by atoms with Gasteiger partial charge in [0.25, 0.3) is 0 Å². The molecule has 0 radical (unpaired) electrons. The van der Waals surface area contributed by atoms with Crippen LogP contribution in [0.1, 0.15) is 28.8 Å². The lowest BCUT2D eigenvalue weighted by Crippen LogP contribution is -2.46. The van der Waals surface area contributed by atoms with Crippen LogP contribution in [0, 0.1) is 0 Å². The Hall–Kier alpha value is -1.28. The lowest BCUT2D eigenvalue weighted by atomic mass is 10.3. The van der Waals surface area contributed by atoms with Crippen LogP contribution in [0.5, 0.6) is 0 Å². The molecule has 0 saturated carbocycles. The minimum atomic E-state index is -1.04. The van der Waals surface area contributed by atoms with Gasteiger partial charge in [-0.2, -0.15) is 11.8 Å². The summed E-state index contributed by atoms with van der Waals surface area (Å²) in [6, 6.07) is -0.101. The van der Waals surface area contributed by atoms with Crippen LogP contribution in [0.3, 0.4) is 0 Å². The van der Waals surface area contributed by atoms with Gasteiger partial charge in [0.05, 0.1) is 6.54 Å². The average Bonchev–Trinajstić information content (AvgIpc) is 2.94. The summed E-state index contributed by atoms with van der Waals surface area (Å²) in [5.41, 5.74) is 0.0275. The fraction of sp³-hybridized carbons (Fsp3) is 0.583. The van der Waals surface area contributed by atoms with E-state index in [4.69, 9.17) is 5.11 Å². The number of rotatable bonds is 4. The van der Waals surface area contributed by atoms with Gasteiger partial charge in [-0.3, -0.25) is 0 Å². The van der Waals surface area contributed by atoms with Crippen LogP contribution in [0.4, 0.5) is 4.79 Å². The molecule has 2 rings (SSSR count). The molecule has 2 amide bonds. The van der Waals surface area contributed by atoms with E-state index in [2.05, 4.69) is 17.2 Å². The zero-order chi connectivity index (χ0) is 14.5. The Balaban J connectivity index is 1.83. The number of amides is 2. The van der Waals surface area contributed by atoms with E-state index in [1.807, 2.05) is 16.7 Å². The molecule has 0 bridgehead atoms. The van der Waals surface area contributed by atoms with Crippen molar-refractivity contribution in [3.8, 4) is 0 Å². The SMILES string of the molecule is CCC1CN(C(=O)NCc2nc(C(=O)O)cs2)CCS1. The van der Waals surface area contributed by atoms with Crippen LogP contribution in [-0.4, -0.2) is 51.1 Å². The first kappa shape index (κ1) is 15.1. The summed E-state index contributed by atoms with van der Waals surface area (Å²) in [6.45, 7) is 3.93. The smallest absolute Gasteiger partial charge is 0.355 e. The van der Waals surface area contributed by atoms with Crippen molar-refractivity contribution in [2.24, 2.45) is 0 Å². The third-order valence-electron chi connectivity index (χ3n) is 3.04. The molecule has 6 nitrogen and oxygen atoms in total. The Labute approximate surface area is 125 Å². The van der Waals surface area contributed by atoms with Crippen LogP contribution in [0.15, 0.2) is 5.38 Å². The highest BCUT2D eigenvalue weighted by Gasteiger charge is 2.22. The third-order valence-corrected chi connectivity index (χ3v) is 5.26. The Morgan fingerprint density at radius 1 is 1.60 bits per heavy atom. The number of urea groups is 1. The molecule has 0 aliphatic carbocycles. The largest absolute Gasteiger partial charge is 0.476 e. The molecule has 1 aromatic rings. The predicted octanol–water partition coefficient (Wildman–Crippen LogP) is 1.88. The standard InChI is InChI=1S/C12H17N3O3S2/c1-2-8-6-15(3-4-19-8)12(18)13-5-10-14-9(7-20-10)11(16)17/h7-8H,2-6H2,1H3,(H,13,18)(H,16,17). The summed E-state index contributed by atoms with van der Waals surface area (Å²) in [5.74, 6) is -0.0792. The zero-order valence-electron chi connectivity index (χ0n) is 11.2. The molecule has 110 valence electrons. The van der Waals surface area contributed by atoms with Crippen molar-refractivity contribution in [3.05, 3.63) is 16.1 Å². The van der Waals surface area contributed by atoms with Gasteiger partial charge in [0.2, 0.25) is 0 Å². The molecule has 2 heterocycles. The lowest BCUT2D eigenvalue weighted by Gasteiger charge is -2.31. The number of nitrogens with one attached hydrogen (secondary N) is 1. The van der Waals surface area contributed by atoms with Gasteiger partial charge in [0.1, 0.15) is 5.01 Å². The maximum Gasteiger partial charge on any atom is 0.355 e. The number of hydrogen-bond donors (Lipinski definition) is 2. The number of aromatic nitrogens is 1. The molecular weight excluding hydrogens is 298 g/mol. The van der Waals surface area contributed by atoms with Gasteiger partial charge in [-0.05, 0) is 6.42 Å². The molecule has 1 saturated heterocycles. The molecule has 0 aromatic carbocycles. The van der Waals surface area contributed by atoms with Gasteiger partial charge in [-0.15, -0.1) is 11.3 Å². The Morgan fingerprint density at radius 2 is 2.40 bits per heavy atom. The number of nitrogens with zero attached hydrogens (tertiary/aromatic N) is 2. The molecule has 20 heavy (non-hydrogen) atoms. The highest BCUT2D eigenvalue weighted by Crippen LogP contribution is 2.21. The maximum atomic E-state index is 12.0. The summed E-state index contributed by atoms with van der Waals surface area (Å²) in [7, 11) is 0. The quantitative estimate of drug-likeness (QED) is 0.886. The van der Waals surface area contributed by atoms with E-state index in [1.165, 1.54) is 16.7 Å². The first-order valence-electron chi connectivity index (χ1n) is 6.42. The first-order valence-corrected chi connectivity index (χ1v) is 8.35. The molecule has 8 heteroatoms. The van der Waals surface area contributed by atoms with Gasteiger partial charge < -0.3 is 15.3 Å². The van der Waals surface area contributed by atoms with Gasteiger partial charge in [-0.1, -0.05) is 6.92 Å². The number of thioether (sulfide) groups is 1. The first-order chi connectivity index (χ1) is 9.60. The lowest BCUT2D eigenvalue weighted by molar-refractivity contribution is 0.0691. The molecule has 1 fully saturated rings. The molecule has 1 aliphatic heterocycles. The molecule has 2 N–H and O–H groups in total. The van der Waals surface area contributed by atoms with Crippen LogP contribution >= 0.6 is 23.1 Å². The van der Waals surface area contributed by atoms with Crippen molar-refractivity contribution in [3.63, 3.8) is 0 Å². The van der Waals surface area contributed by atoms with E-state index in [9.17, 15) is 9.59 Å². The molecule has 0 spiro atoms. The summed E-state index contributed by atoms with van der Waals surface area (Å²) in [4.78, 5) is 28.5. The Bertz CT molecular complexity index is 492. The highest BCUT2D eigenvalue weighted by molar-refractivity contribution is 8.00. The molecular formula is C12H17N3O3S2. The summed E-state index contributed by atoms with van der Waals surface area (Å²) in [6.07, 6.45) is 1.06. The van der Waals surface area contributed by atoms with E-state index in [1.54, 1.807) is 0 Å². The van der Waals surface area contributed by atoms with E-state index in [0.29, 0.717) is 10.3 Å². The Kier molecular flexibility index (Phi) is 5.24. The maximum absolute atomic E-state index is 12.0. The van der Waals surface area contributed by atoms with Gasteiger partial charge in [-0.25, -0.2) is 14.6 Å². The second-order valence-electron chi connectivity index (χ2n) is 4.44. The van der Waals surface area contributed by atoms with Gasteiger partial charge in [0, 0.05) is 29.5 Å². The number of hydrogen-bond acceptors (Lipinski definition) is 5. The molecule has 1 aromatic heterocycles. The van der Waals surface area contributed by atoms with Crippen molar-refractivity contribution in [2.75, 3.05) is 18.8 Å². The van der Waals surface area contributed by atoms with E-state index < -0.39 is 5.97 Å². The van der Waals surface area contributed by atoms with Gasteiger partial charge >= 0.3 is 12.0 Å². The number of carboxylic acids is 1. The van der Waals surface area contributed by atoms with Crippen molar-refractivity contribution in [2.45, 2.75) is 25.1 Å². The fourth-order valence-corrected chi connectivity index (χ4v) is 3.79. The third kappa shape index (κ3) is 3.86. The van der Waals surface area contributed by atoms with Crippen LogP contribution < -0.4 is 5.32 Å². The zero-order valence-corrected chi connectivity index (χ0v) is 12.8. The number of aromatic carboxylic acids is 1. The summed E-state index contributed by atoms with van der Waals surface area (Å²) < 4.78 is 0. The Morgan fingerprint density at radius 3 is 3.05 bits per heavy atom. The normalized spacial score (nSPS) is 18.9.